The number of ether oxygens (including phenoxy) is 3. The van der Waals surface area contributed by atoms with Gasteiger partial charge in [-0.25, -0.2) is 9.38 Å². The zero-order valence-electron chi connectivity index (χ0n) is 16.1. The molecule has 0 bridgehead atoms. The van der Waals surface area contributed by atoms with Crippen LogP contribution in [-0.4, -0.2) is 50.4 Å². The molecule has 1 saturated heterocycles. The molecule has 2 aliphatic heterocycles. The Morgan fingerprint density at radius 3 is 2.40 bits per heavy atom. The van der Waals surface area contributed by atoms with Crippen molar-refractivity contribution in [2.45, 2.75) is 13.2 Å². The quantitative estimate of drug-likeness (QED) is 0.590. The van der Waals surface area contributed by atoms with Gasteiger partial charge >= 0.3 is 6.61 Å². The number of hydrogen-bond acceptors (Lipinski definition) is 5. The van der Waals surface area contributed by atoms with Gasteiger partial charge in [0, 0.05) is 43.5 Å². The van der Waals surface area contributed by atoms with Crippen molar-refractivity contribution in [3.05, 3.63) is 47.8 Å². The van der Waals surface area contributed by atoms with E-state index < -0.39 is 6.61 Å². The lowest BCUT2D eigenvalue weighted by Crippen LogP contribution is -2.51. The van der Waals surface area contributed by atoms with E-state index in [-0.39, 0.29) is 24.9 Å². The number of benzene rings is 2. The minimum Gasteiger partial charge on any atom is -0.454 e. The van der Waals surface area contributed by atoms with E-state index in [2.05, 4.69) is 14.6 Å². The number of rotatable bonds is 5. The summed E-state index contributed by atoms with van der Waals surface area (Å²) in [6.07, 6.45) is 0. The summed E-state index contributed by atoms with van der Waals surface area (Å²) in [5.74, 6) is 0.824. The zero-order chi connectivity index (χ0) is 21.1. The molecule has 0 amide bonds. The largest absolute Gasteiger partial charge is 0.454 e. The van der Waals surface area contributed by atoms with Crippen molar-refractivity contribution in [2.75, 3.05) is 37.9 Å². The van der Waals surface area contributed by atoms with Gasteiger partial charge in [-0.05, 0) is 30.3 Å². The van der Waals surface area contributed by atoms with Gasteiger partial charge in [0.25, 0.3) is 0 Å². The number of alkyl halides is 2. The van der Waals surface area contributed by atoms with E-state index in [9.17, 15) is 13.2 Å². The molecule has 2 aromatic carbocycles. The van der Waals surface area contributed by atoms with E-state index in [1.54, 1.807) is 18.2 Å². The number of aliphatic imine (C=N–C) groups is 1. The summed E-state index contributed by atoms with van der Waals surface area (Å²) in [6, 6.07) is 9.30. The van der Waals surface area contributed by atoms with Crippen molar-refractivity contribution >= 4 is 11.6 Å². The Morgan fingerprint density at radius 2 is 1.73 bits per heavy atom. The molecule has 2 heterocycles. The maximum Gasteiger partial charge on any atom is 0.387 e. The van der Waals surface area contributed by atoms with Gasteiger partial charge in [-0.2, -0.15) is 8.78 Å². The van der Waals surface area contributed by atoms with Crippen LogP contribution in [0.25, 0.3) is 0 Å². The van der Waals surface area contributed by atoms with Gasteiger partial charge in [0.2, 0.25) is 6.79 Å². The van der Waals surface area contributed by atoms with Gasteiger partial charge in [-0.3, -0.25) is 0 Å². The van der Waals surface area contributed by atoms with Crippen LogP contribution in [0.15, 0.2) is 41.4 Å². The van der Waals surface area contributed by atoms with Gasteiger partial charge in [-0.1, -0.05) is 0 Å². The van der Waals surface area contributed by atoms with E-state index in [1.165, 1.54) is 18.2 Å². The predicted molar refractivity (Wildman–Crippen MR) is 105 cm³/mol. The molecule has 10 heteroatoms. The summed E-state index contributed by atoms with van der Waals surface area (Å²) in [5, 5.41) is 0. The summed E-state index contributed by atoms with van der Waals surface area (Å²) in [5.41, 5.74) is 7.50. The van der Waals surface area contributed by atoms with Crippen LogP contribution in [0.2, 0.25) is 0 Å². The fourth-order valence-electron chi connectivity index (χ4n) is 3.41. The molecule has 2 aromatic rings. The summed E-state index contributed by atoms with van der Waals surface area (Å²) in [4.78, 5) is 8.40. The standard InChI is InChI=1S/C20H21F3N4O3/c21-14-1-3-15(4-2-14)26-5-7-27(8-6-26)20(24)25-11-13-9-17-18(29-12-28-17)10-16(13)30-19(22)23/h1-4,9-10,19H,5-8,11-12H2,(H2,24,25). The Labute approximate surface area is 171 Å². The molecule has 0 aliphatic carbocycles. The first-order chi connectivity index (χ1) is 14.5. The van der Waals surface area contributed by atoms with E-state index in [0.717, 1.165) is 5.69 Å². The molecule has 4 rings (SSSR count). The van der Waals surface area contributed by atoms with E-state index in [0.29, 0.717) is 49.2 Å². The van der Waals surface area contributed by atoms with Crippen molar-refractivity contribution in [1.82, 2.24) is 4.90 Å². The number of anilines is 1. The van der Waals surface area contributed by atoms with Gasteiger partial charge < -0.3 is 29.7 Å². The number of guanidine groups is 1. The lowest BCUT2D eigenvalue weighted by atomic mass is 10.1. The van der Waals surface area contributed by atoms with Crippen molar-refractivity contribution < 1.29 is 27.4 Å². The SMILES string of the molecule is NC(=NCc1cc2c(cc1OC(F)F)OCO2)N1CCN(c2ccc(F)cc2)CC1. The molecule has 0 spiro atoms. The number of fused-ring (bicyclic) bond motifs is 1. The summed E-state index contributed by atoms with van der Waals surface area (Å²) in [6.45, 7) is -0.219. The normalized spacial score (nSPS) is 16.3. The molecular formula is C20H21F3N4O3. The van der Waals surface area contributed by atoms with Crippen LogP contribution in [0.4, 0.5) is 18.9 Å². The first kappa shape index (κ1) is 20.0. The molecule has 0 aromatic heterocycles. The second-order valence-corrected chi connectivity index (χ2v) is 6.82. The third-order valence-electron chi connectivity index (χ3n) is 4.98. The van der Waals surface area contributed by atoms with E-state index in [1.807, 2.05) is 4.90 Å². The highest BCUT2D eigenvalue weighted by molar-refractivity contribution is 5.78. The molecule has 0 saturated carbocycles. The fraction of sp³-hybridized carbons (Fsp3) is 0.350. The maximum atomic E-state index is 13.1. The Bertz CT molecular complexity index is 916. The van der Waals surface area contributed by atoms with Gasteiger partial charge in [0.15, 0.2) is 17.5 Å². The third kappa shape index (κ3) is 4.47. The Balaban J connectivity index is 1.40. The smallest absolute Gasteiger partial charge is 0.387 e. The van der Waals surface area contributed by atoms with Crippen LogP contribution in [-0.2, 0) is 6.54 Å². The predicted octanol–water partition coefficient (Wildman–Crippen LogP) is 2.79. The Morgan fingerprint density at radius 1 is 1.07 bits per heavy atom. The minimum atomic E-state index is -2.97. The van der Waals surface area contributed by atoms with Crippen molar-refractivity contribution in [2.24, 2.45) is 10.7 Å². The first-order valence-corrected chi connectivity index (χ1v) is 9.42. The number of nitrogens with two attached hydrogens (primary N) is 1. The molecule has 0 radical (unpaired) electrons. The maximum absolute atomic E-state index is 13.1. The van der Waals surface area contributed by atoms with Crippen molar-refractivity contribution in [3.63, 3.8) is 0 Å². The lowest BCUT2D eigenvalue weighted by molar-refractivity contribution is -0.0505. The molecule has 0 atom stereocenters. The highest BCUT2D eigenvalue weighted by atomic mass is 19.3. The average Bonchev–Trinajstić information content (AvgIpc) is 3.19. The van der Waals surface area contributed by atoms with Crippen LogP contribution < -0.4 is 24.8 Å². The van der Waals surface area contributed by atoms with Crippen LogP contribution in [0, 0.1) is 5.82 Å². The monoisotopic (exact) mass is 422 g/mol. The van der Waals surface area contributed by atoms with Crippen molar-refractivity contribution in [1.29, 1.82) is 0 Å². The molecule has 160 valence electrons. The summed E-state index contributed by atoms with van der Waals surface area (Å²) < 4.78 is 53.7. The molecule has 2 N–H and O–H groups in total. The van der Waals surface area contributed by atoms with Crippen LogP contribution in [0.5, 0.6) is 17.2 Å². The minimum absolute atomic E-state index is 0.0214. The zero-order valence-corrected chi connectivity index (χ0v) is 16.1. The second-order valence-electron chi connectivity index (χ2n) is 6.82. The second kappa shape index (κ2) is 8.60. The number of piperazine rings is 1. The molecule has 7 nitrogen and oxygen atoms in total. The Kier molecular flexibility index (Phi) is 5.73. The first-order valence-electron chi connectivity index (χ1n) is 9.42. The van der Waals surface area contributed by atoms with Crippen LogP contribution in [0.1, 0.15) is 5.56 Å². The molecule has 0 unspecified atom stereocenters. The fourth-order valence-corrected chi connectivity index (χ4v) is 3.41. The average molecular weight is 422 g/mol. The van der Waals surface area contributed by atoms with Crippen LogP contribution in [0.3, 0.4) is 0 Å². The van der Waals surface area contributed by atoms with Crippen molar-refractivity contribution in [3.8, 4) is 17.2 Å². The van der Waals surface area contributed by atoms with Gasteiger partial charge in [-0.15, -0.1) is 0 Å². The highest BCUT2D eigenvalue weighted by Crippen LogP contribution is 2.39. The summed E-state index contributed by atoms with van der Waals surface area (Å²) >= 11 is 0. The molecule has 2 aliphatic rings. The lowest BCUT2D eigenvalue weighted by Gasteiger charge is -2.36. The van der Waals surface area contributed by atoms with Crippen LogP contribution >= 0.6 is 0 Å². The van der Waals surface area contributed by atoms with Gasteiger partial charge in [0.1, 0.15) is 11.6 Å². The summed E-state index contributed by atoms with van der Waals surface area (Å²) in [7, 11) is 0. The highest BCUT2D eigenvalue weighted by Gasteiger charge is 2.21. The van der Waals surface area contributed by atoms with E-state index >= 15 is 0 Å². The molecular weight excluding hydrogens is 401 g/mol. The van der Waals surface area contributed by atoms with Gasteiger partial charge in [0.05, 0.1) is 6.54 Å². The van der Waals surface area contributed by atoms with E-state index in [4.69, 9.17) is 15.2 Å². The topological polar surface area (TPSA) is 72.5 Å². The number of halogens is 3. The third-order valence-corrected chi connectivity index (χ3v) is 4.98. The molecule has 30 heavy (non-hydrogen) atoms. The number of nitrogens with zero attached hydrogens (tertiary/aromatic N) is 3. The number of hydrogen-bond donors (Lipinski definition) is 1. The Hall–Kier alpha value is -3.30. The molecule has 1 fully saturated rings.